The standard InChI is InChI=1S/C21H21Cl2N3O3/c1-12(15-4-3-5-17(10-15)24-21(28)14-6-7-14)25-26-20(27)13(2)29-19-9-8-16(22)11-18(19)23/h3-5,8-11,13-14H,6-7H2,1-2H3,(H,24,28)(H,26,27)/b25-12+. The molecule has 1 saturated carbocycles. The summed E-state index contributed by atoms with van der Waals surface area (Å²) < 4.78 is 5.57. The molecule has 2 amide bonds. The first kappa shape index (κ1) is 21.1. The highest BCUT2D eigenvalue weighted by Gasteiger charge is 2.29. The first-order valence-corrected chi connectivity index (χ1v) is 9.96. The molecule has 0 radical (unpaired) electrons. The Kier molecular flexibility index (Phi) is 6.77. The van der Waals surface area contributed by atoms with Crippen LogP contribution in [0.25, 0.3) is 0 Å². The van der Waals surface area contributed by atoms with E-state index in [1.54, 1.807) is 32.0 Å². The third kappa shape index (κ3) is 5.95. The summed E-state index contributed by atoms with van der Waals surface area (Å²) in [5.74, 6) is 0.104. The molecule has 0 spiro atoms. The average Bonchev–Trinajstić information content (AvgIpc) is 3.53. The molecule has 0 bridgehead atoms. The van der Waals surface area contributed by atoms with E-state index in [9.17, 15) is 9.59 Å². The number of hydrogen-bond donors (Lipinski definition) is 2. The molecule has 1 aliphatic carbocycles. The van der Waals surface area contributed by atoms with Crippen LogP contribution in [0, 0.1) is 5.92 Å². The quantitative estimate of drug-likeness (QED) is 0.492. The van der Waals surface area contributed by atoms with Gasteiger partial charge in [-0.3, -0.25) is 9.59 Å². The topological polar surface area (TPSA) is 79.8 Å². The van der Waals surface area contributed by atoms with E-state index in [0.29, 0.717) is 27.2 Å². The monoisotopic (exact) mass is 433 g/mol. The molecule has 2 N–H and O–H groups in total. The summed E-state index contributed by atoms with van der Waals surface area (Å²) >= 11 is 11.9. The SMILES string of the molecule is C/C(=N\NC(=O)C(C)Oc1ccc(Cl)cc1Cl)c1cccc(NC(=O)C2CC2)c1. The largest absolute Gasteiger partial charge is 0.479 e. The van der Waals surface area contributed by atoms with Gasteiger partial charge in [0, 0.05) is 16.6 Å². The summed E-state index contributed by atoms with van der Waals surface area (Å²) in [5, 5.41) is 7.83. The fraction of sp³-hybridized carbons (Fsp3) is 0.286. The number of hydrogen-bond acceptors (Lipinski definition) is 4. The molecule has 2 aromatic carbocycles. The molecule has 0 aromatic heterocycles. The zero-order valence-corrected chi connectivity index (χ0v) is 17.6. The lowest BCUT2D eigenvalue weighted by Gasteiger charge is -2.14. The van der Waals surface area contributed by atoms with Gasteiger partial charge in [0.2, 0.25) is 5.91 Å². The maximum atomic E-state index is 12.3. The van der Waals surface area contributed by atoms with Crippen molar-refractivity contribution in [1.29, 1.82) is 0 Å². The van der Waals surface area contributed by atoms with Crippen LogP contribution < -0.4 is 15.5 Å². The van der Waals surface area contributed by atoms with Gasteiger partial charge in [-0.15, -0.1) is 0 Å². The van der Waals surface area contributed by atoms with Crippen molar-refractivity contribution in [3.63, 3.8) is 0 Å². The van der Waals surface area contributed by atoms with E-state index in [1.807, 2.05) is 24.3 Å². The van der Waals surface area contributed by atoms with Crippen LogP contribution in [0.15, 0.2) is 47.6 Å². The third-order valence-corrected chi connectivity index (χ3v) is 4.93. The minimum absolute atomic E-state index is 0.0388. The van der Waals surface area contributed by atoms with Gasteiger partial charge in [0.1, 0.15) is 5.75 Å². The highest BCUT2D eigenvalue weighted by molar-refractivity contribution is 6.35. The van der Waals surface area contributed by atoms with Gasteiger partial charge in [-0.2, -0.15) is 5.10 Å². The Morgan fingerprint density at radius 1 is 1.17 bits per heavy atom. The molecule has 6 nitrogen and oxygen atoms in total. The molecule has 0 aliphatic heterocycles. The summed E-state index contributed by atoms with van der Waals surface area (Å²) in [6.45, 7) is 3.36. The number of hydrazone groups is 1. The summed E-state index contributed by atoms with van der Waals surface area (Å²) in [6.07, 6.45) is 1.08. The number of carbonyl (C=O) groups excluding carboxylic acids is 2. The summed E-state index contributed by atoms with van der Waals surface area (Å²) in [4.78, 5) is 24.2. The molecule has 29 heavy (non-hydrogen) atoms. The Balaban J connectivity index is 1.59. The zero-order valence-electron chi connectivity index (χ0n) is 16.0. The maximum Gasteiger partial charge on any atom is 0.280 e. The number of nitrogens with one attached hydrogen (secondary N) is 2. The van der Waals surface area contributed by atoms with Gasteiger partial charge in [0.05, 0.1) is 10.7 Å². The van der Waals surface area contributed by atoms with Gasteiger partial charge < -0.3 is 10.1 Å². The van der Waals surface area contributed by atoms with Crippen molar-refractivity contribution >= 4 is 46.4 Å². The number of rotatable bonds is 7. The first-order chi connectivity index (χ1) is 13.8. The molecule has 0 heterocycles. The predicted octanol–water partition coefficient (Wildman–Crippen LogP) is 4.65. The number of halogens is 2. The van der Waals surface area contributed by atoms with Crippen LogP contribution >= 0.6 is 23.2 Å². The second kappa shape index (κ2) is 9.29. The molecule has 3 rings (SSSR count). The van der Waals surface area contributed by atoms with E-state index in [0.717, 1.165) is 18.4 Å². The van der Waals surface area contributed by atoms with Crippen LogP contribution in [0.4, 0.5) is 5.69 Å². The summed E-state index contributed by atoms with van der Waals surface area (Å²) in [7, 11) is 0. The average molecular weight is 434 g/mol. The van der Waals surface area contributed by atoms with Crippen LogP contribution in [0.2, 0.25) is 10.0 Å². The van der Waals surface area contributed by atoms with E-state index >= 15 is 0 Å². The lowest BCUT2D eigenvalue weighted by Crippen LogP contribution is -2.34. The van der Waals surface area contributed by atoms with E-state index < -0.39 is 12.0 Å². The van der Waals surface area contributed by atoms with Gasteiger partial charge in [-0.1, -0.05) is 35.3 Å². The molecule has 1 atom stereocenters. The van der Waals surface area contributed by atoms with Crippen molar-refractivity contribution in [1.82, 2.24) is 5.43 Å². The molecule has 1 aliphatic rings. The lowest BCUT2D eigenvalue weighted by atomic mass is 10.1. The highest BCUT2D eigenvalue weighted by atomic mass is 35.5. The normalized spacial score (nSPS) is 14.8. The number of amides is 2. The second-order valence-corrected chi connectivity index (χ2v) is 7.70. The minimum Gasteiger partial charge on any atom is -0.479 e. The summed E-state index contributed by atoms with van der Waals surface area (Å²) in [6, 6.07) is 12.1. The molecule has 2 aromatic rings. The molecular formula is C21H21Cl2N3O3. The second-order valence-electron chi connectivity index (χ2n) is 6.85. The van der Waals surface area contributed by atoms with E-state index in [2.05, 4.69) is 15.8 Å². The van der Waals surface area contributed by atoms with Gasteiger partial charge in [-0.25, -0.2) is 5.43 Å². The van der Waals surface area contributed by atoms with Crippen LogP contribution in [-0.2, 0) is 9.59 Å². The van der Waals surface area contributed by atoms with Crippen LogP contribution in [0.3, 0.4) is 0 Å². The third-order valence-electron chi connectivity index (χ3n) is 4.40. The van der Waals surface area contributed by atoms with Gasteiger partial charge in [0.15, 0.2) is 6.10 Å². The Bertz CT molecular complexity index is 958. The molecule has 152 valence electrons. The van der Waals surface area contributed by atoms with Gasteiger partial charge >= 0.3 is 0 Å². The molecule has 0 saturated heterocycles. The number of nitrogens with zero attached hydrogens (tertiary/aromatic N) is 1. The van der Waals surface area contributed by atoms with Crippen molar-refractivity contribution < 1.29 is 14.3 Å². The van der Waals surface area contributed by atoms with Crippen LogP contribution in [0.1, 0.15) is 32.3 Å². The van der Waals surface area contributed by atoms with E-state index in [4.69, 9.17) is 27.9 Å². The molecule has 8 heteroatoms. The fourth-order valence-corrected chi connectivity index (χ4v) is 2.97. The van der Waals surface area contributed by atoms with E-state index in [1.165, 1.54) is 0 Å². The first-order valence-electron chi connectivity index (χ1n) is 9.20. The zero-order chi connectivity index (χ0) is 21.0. The molecule has 1 fully saturated rings. The maximum absolute atomic E-state index is 12.3. The minimum atomic E-state index is -0.811. The fourth-order valence-electron chi connectivity index (χ4n) is 2.52. The molecular weight excluding hydrogens is 413 g/mol. The Morgan fingerprint density at radius 3 is 2.62 bits per heavy atom. The number of carbonyl (C=O) groups is 2. The lowest BCUT2D eigenvalue weighted by molar-refractivity contribution is -0.127. The van der Waals surface area contributed by atoms with Gasteiger partial charge in [-0.05, 0) is 62.6 Å². The Morgan fingerprint density at radius 2 is 1.93 bits per heavy atom. The smallest absolute Gasteiger partial charge is 0.280 e. The Hall–Kier alpha value is -2.57. The predicted molar refractivity (Wildman–Crippen MR) is 115 cm³/mol. The number of anilines is 1. The van der Waals surface area contributed by atoms with E-state index in [-0.39, 0.29) is 11.8 Å². The van der Waals surface area contributed by atoms with Crippen molar-refractivity contribution in [2.75, 3.05) is 5.32 Å². The van der Waals surface area contributed by atoms with Crippen molar-refractivity contribution in [3.05, 3.63) is 58.1 Å². The van der Waals surface area contributed by atoms with Crippen LogP contribution in [0.5, 0.6) is 5.75 Å². The highest BCUT2D eigenvalue weighted by Crippen LogP contribution is 2.30. The van der Waals surface area contributed by atoms with Crippen molar-refractivity contribution in [2.45, 2.75) is 32.8 Å². The van der Waals surface area contributed by atoms with Crippen molar-refractivity contribution in [2.24, 2.45) is 11.0 Å². The van der Waals surface area contributed by atoms with Gasteiger partial charge in [0.25, 0.3) is 5.91 Å². The molecule has 1 unspecified atom stereocenters. The summed E-state index contributed by atoms with van der Waals surface area (Å²) in [5.41, 5.74) is 4.57. The van der Waals surface area contributed by atoms with Crippen molar-refractivity contribution in [3.8, 4) is 5.75 Å². The van der Waals surface area contributed by atoms with Crippen LogP contribution in [-0.4, -0.2) is 23.6 Å². The number of benzene rings is 2. The number of ether oxygens (including phenoxy) is 1. The Labute approximate surface area is 179 Å².